The van der Waals surface area contributed by atoms with Crippen molar-refractivity contribution in [3.63, 3.8) is 0 Å². The predicted octanol–water partition coefficient (Wildman–Crippen LogP) is 19.0. The molecule has 0 amide bonds. The van der Waals surface area contributed by atoms with Crippen LogP contribution in [0.1, 0.15) is 25.0 Å². The molecule has 0 N–H and O–H groups in total. The van der Waals surface area contributed by atoms with E-state index in [0.29, 0.717) is 0 Å². The highest BCUT2D eigenvalue weighted by molar-refractivity contribution is 6.21. The van der Waals surface area contributed by atoms with E-state index in [1.165, 1.54) is 110 Å². The number of rotatable bonds is 7. The molecule has 1 aliphatic rings. The molecule has 0 saturated carbocycles. The standard InChI is InChI=1S/C69H48N2/c1-69(2)63-42-48(54-30-17-21-45-18-9-10-24-53(45)54)34-39-55(63)56-40-37-52(44-64(56)69)70(51-38-41-66-62(43-51)57-25-15-16-31-65(57)71(66)49-22-7-4-8-23-49)50-35-32-47(33-36-50)68-60-28-13-11-26-58(60)67(46-19-5-3-6-20-46)59-27-12-14-29-61(59)68/h3-44H,1-2H3. The van der Waals surface area contributed by atoms with Gasteiger partial charge in [0.25, 0.3) is 0 Å². The first-order valence-electron chi connectivity index (χ1n) is 24.8. The van der Waals surface area contributed by atoms with E-state index in [0.717, 1.165) is 22.7 Å². The van der Waals surface area contributed by atoms with Crippen molar-refractivity contribution in [3.8, 4) is 50.2 Å². The van der Waals surface area contributed by atoms with Crippen molar-refractivity contribution in [1.82, 2.24) is 4.57 Å². The van der Waals surface area contributed by atoms with Crippen LogP contribution in [0.15, 0.2) is 255 Å². The second-order valence-corrected chi connectivity index (χ2v) is 19.6. The molecule has 0 spiro atoms. The van der Waals surface area contributed by atoms with E-state index < -0.39 is 0 Å². The van der Waals surface area contributed by atoms with Gasteiger partial charge in [0.05, 0.1) is 11.0 Å². The third-order valence-corrected chi connectivity index (χ3v) is 15.4. The molecular weight excluding hydrogens is 857 g/mol. The van der Waals surface area contributed by atoms with Crippen molar-refractivity contribution in [2.45, 2.75) is 19.3 Å². The number of fused-ring (bicyclic) bond motifs is 9. The monoisotopic (exact) mass is 904 g/mol. The van der Waals surface area contributed by atoms with Gasteiger partial charge in [0.15, 0.2) is 0 Å². The molecule has 12 aromatic carbocycles. The first-order chi connectivity index (χ1) is 35.0. The van der Waals surface area contributed by atoms with Crippen LogP contribution in [0, 0.1) is 0 Å². The van der Waals surface area contributed by atoms with Crippen molar-refractivity contribution >= 4 is 71.2 Å². The van der Waals surface area contributed by atoms with Gasteiger partial charge in [0.1, 0.15) is 0 Å². The molecule has 1 aromatic heterocycles. The van der Waals surface area contributed by atoms with Gasteiger partial charge in [-0.25, -0.2) is 0 Å². The van der Waals surface area contributed by atoms with Gasteiger partial charge in [-0.05, 0) is 155 Å². The van der Waals surface area contributed by atoms with Crippen molar-refractivity contribution in [3.05, 3.63) is 266 Å². The summed E-state index contributed by atoms with van der Waals surface area (Å²) in [5, 5.41) is 10.00. The van der Waals surface area contributed by atoms with Gasteiger partial charge >= 0.3 is 0 Å². The fourth-order valence-corrected chi connectivity index (χ4v) is 12.0. The molecule has 0 fully saturated rings. The Morgan fingerprint density at radius 1 is 0.310 bits per heavy atom. The highest BCUT2D eigenvalue weighted by atomic mass is 15.1. The van der Waals surface area contributed by atoms with Crippen LogP contribution in [-0.2, 0) is 5.41 Å². The average molecular weight is 905 g/mol. The van der Waals surface area contributed by atoms with Crippen LogP contribution in [0.3, 0.4) is 0 Å². The van der Waals surface area contributed by atoms with E-state index in [2.05, 4.69) is 278 Å². The Labute approximate surface area is 414 Å². The molecule has 0 aliphatic heterocycles. The molecule has 334 valence electrons. The second kappa shape index (κ2) is 16.1. The van der Waals surface area contributed by atoms with E-state index in [1.807, 2.05) is 0 Å². The lowest BCUT2D eigenvalue weighted by Crippen LogP contribution is -2.16. The number of hydrogen-bond donors (Lipinski definition) is 0. The van der Waals surface area contributed by atoms with E-state index in [-0.39, 0.29) is 5.41 Å². The summed E-state index contributed by atoms with van der Waals surface area (Å²) in [6, 6.07) is 94.2. The summed E-state index contributed by atoms with van der Waals surface area (Å²) in [6.07, 6.45) is 0. The zero-order valence-corrected chi connectivity index (χ0v) is 39.6. The zero-order chi connectivity index (χ0) is 47.2. The molecule has 0 bridgehead atoms. The molecule has 71 heavy (non-hydrogen) atoms. The fraction of sp³-hybridized carbons (Fsp3) is 0.0435. The summed E-state index contributed by atoms with van der Waals surface area (Å²) in [7, 11) is 0. The summed E-state index contributed by atoms with van der Waals surface area (Å²) in [4.78, 5) is 2.47. The van der Waals surface area contributed by atoms with E-state index in [1.54, 1.807) is 0 Å². The van der Waals surface area contributed by atoms with Crippen LogP contribution < -0.4 is 4.90 Å². The van der Waals surface area contributed by atoms with Crippen LogP contribution in [0.25, 0.3) is 104 Å². The van der Waals surface area contributed by atoms with Crippen LogP contribution in [0.4, 0.5) is 17.1 Å². The lowest BCUT2D eigenvalue weighted by Gasteiger charge is -2.28. The summed E-state index contributed by atoms with van der Waals surface area (Å²) in [5.41, 5.74) is 19.4. The maximum atomic E-state index is 2.47. The van der Waals surface area contributed by atoms with Crippen molar-refractivity contribution in [2.24, 2.45) is 0 Å². The minimum absolute atomic E-state index is 0.238. The maximum absolute atomic E-state index is 2.47. The molecular formula is C69H48N2. The summed E-state index contributed by atoms with van der Waals surface area (Å²) < 4.78 is 2.40. The number of anilines is 3. The van der Waals surface area contributed by atoms with Gasteiger partial charge < -0.3 is 9.47 Å². The molecule has 0 saturated heterocycles. The normalized spacial score (nSPS) is 12.8. The number of nitrogens with zero attached hydrogens (tertiary/aromatic N) is 2. The van der Waals surface area contributed by atoms with Crippen LogP contribution in [0.5, 0.6) is 0 Å². The molecule has 0 unspecified atom stereocenters. The Kier molecular flexibility index (Phi) is 9.28. The number of benzene rings is 12. The van der Waals surface area contributed by atoms with Gasteiger partial charge in [-0.15, -0.1) is 0 Å². The zero-order valence-electron chi connectivity index (χ0n) is 39.6. The Morgan fingerprint density at radius 3 is 1.48 bits per heavy atom. The van der Waals surface area contributed by atoms with Crippen molar-refractivity contribution < 1.29 is 0 Å². The lowest BCUT2D eigenvalue weighted by molar-refractivity contribution is 0.660. The minimum atomic E-state index is -0.238. The molecule has 0 radical (unpaired) electrons. The van der Waals surface area contributed by atoms with Gasteiger partial charge in [0, 0.05) is 38.9 Å². The average Bonchev–Trinajstić information content (AvgIpc) is 3.88. The predicted molar refractivity (Wildman–Crippen MR) is 302 cm³/mol. The van der Waals surface area contributed by atoms with E-state index >= 15 is 0 Å². The molecule has 14 rings (SSSR count). The first kappa shape index (κ1) is 41.0. The molecule has 1 aliphatic carbocycles. The van der Waals surface area contributed by atoms with Gasteiger partial charge in [-0.3, -0.25) is 0 Å². The topological polar surface area (TPSA) is 8.17 Å². The highest BCUT2D eigenvalue weighted by Crippen LogP contribution is 2.53. The third-order valence-electron chi connectivity index (χ3n) is 15.4. The van der Waals surface area contributed by atoms with E-state index in [9.17, 15) is 0 Å². The molecule has 2 heteroatoms. The smallest absolute Gasteiger partial charge is 0.0542 e. The van der Waals surface area contributed by atoms with E-state index in [4.69, 9.17) is 0 Å². The van der Waals surface area contributed by atoms with Crippen molar-refractivity contribution in [2.75, 3.05) is 4.90 Å². The first-order valence-corrected chi connectivity index (χ1v) is 24.8. The summed E-state index contributed by atoms with van der Waals surface area (Å²) >= 11 is 0. The minimum Gasteiger partial charge on any atom is -0.310 e. The van der Waals surface area contributed by atoms with Gasteiger partial charge in [0.2, 0.25) is 0 Å². The largest absolute Gasteiger partial charge is 0.310 e. The quantitative estimate of drug-likeness (QED) is 0.145. The Bertz CT molecular complexity index is 4170. The van der Waals surface area contributed by atoms with Crippen LogP contribution in [0.2, 0.25) is 0 Å². The third kappa shape index (κ3) is 6.42. The maximum Gasteiger partial charge on any atom is 0.0542 e. The van der Waals surface area contributed by atoms with Crippen LogP contribution in [-0.4, -0.2) is 4.57 Å². The fourth-order valence-electron chi connectivity index (χ4n) is 12.0. The highest BCUT2D eigenvalue weighted by Gasteiger charge is 2.36. The van der Waals surface area contributed by atoms with Gasteiger partial charge in [-0.2, -0.15) is 0 Å². The number of para-hydroxylation sites is 2. The Balaban J connectivity index is 0.942. The molecule has 1 heterocycles. The SMILES string of the molecule is CC1(C)c2cc(-c3cccc4ccccc34)ccc2-c2ccc(N(c3ccc(-c4c5ccccc5c(-c5ccccc5)c5ccccc45)cc3)c3ccc4c(c3)c3ccccc3n4-c3ccccc3)cc21. The lowest BCUT2D eigenvalue weighted by atomic mass is 9.81. The summed E-state index contributed by atoms with van der Waals surface area (Å²) in [6.45, 7) is 4.80. The summed E-state index contributed by atoms with van der Waals surface area (Å²) in [5.74, 6) is 0. The molecule has 2 nitrogen and oxygen atoms in total. The van der Waals surface area contributed by atoms with Crippen molar-refractivity contribution in [1.29, 1.82) is 0 Å². The Morgan fingerprint density at radius 2 is 0.789 bits per heavy atom. The second-order valence-electron chi connectivity index (χ2n) is 19.6. The van der Waals surface area contributed by atoms with Crippen LogP contribution >= 0.6 is 0 Å². The number of hydrogen-bond acceptors (Lipinski definition) is 1. The number of aromatic nitrogens is 1. The van der Waals surface area contributed by atoms with Gasteiger partial charge in [-0.1, -0.05) is 202 Å². The Hall–Kier alpha value is -8.98. The molecule has 13 aromatic rings. The molecule has 0 atom stereocenters.